The third-order valence-corrected chi connectivity index (χ3v) is 9.22. The van der Waals surface area contributed by atoms with E-state index in [9.17, 15) is 19.5 Å². The average molecular weight is 584 g/mol. The third kappa shape index (κ3) is 9.83. The number of aryl methyl sites for hydroxylation is 2. The Morgan fingerprint density at radius 3 is 2.32 bits per heavy atom. The van der Waals surface area contributed by atoms with E-state index in [1.54, 1.807) is 16.2 Å². The highest BCUT2D eigenvalue weighted by Gasteiger charge is 2.43. The van der Waals surface area contributed by atoms with Crippen molar-refractivity contribution >= 4 is 28.8 Å². The highest BCUT2D eigenvalue weighted by molar-refractivity contribution is 7.13. The van der Waals surface area contributed by atoms with Gasteiger partial charge in [0.25, 0.3) is 0 Å². The quantitative estimate of drug-likeness (QED) is 0.238. The van der Waals surface area contributed by atoms with E-state index in [0.29, 0.717) is 19.3 Å². The predicted molar refractivity (Wildman–Crippen MR) is 166 cm³/mol. The van der Waals surface area contributed by atoms with Crippen LogP contribution < -0.4 is 5.73 Å². The lowest BCUT2D eigenvalue weighted by molar-refractivity contribution is -0.145. The third-order valence-electron chi connectivity index (χ3n) is 8.24. The number of amides is 1. The first-order chi connectivity index (χ1) is 19.5. The Hall–Kier alpha value is -2.42. The summed E-state index contributed by atoms with van der Waals surface area (Å²) in [4.78, 5) is 47.1. The van der Waals surface area contributed by atoms with Crippen LogP contribution in [0, 0.1) is 18.3 Å². The summed E-state index contributed by atoms with van der Waals surface area (Å²) < 4.78 is 0. The zero-order valence-corrected chi connectivity index (χ0v) is 26.2. The van der Waals surface area contributed by atoms with E-state index in [4.69, 9.17) is 5.73 Å². The number of nitrogens with two attached hydrogens (primary N) is 1. The molecule has 1 fully saturated rings. The maximum absolute atomic E-state index is 13.8. The minimum absolute atomic E-state index is 0.0362. The zero-order valence-electron chi connectivity index (χ0n) is 25.4. The fraction of sp³-hybridized carbons (Fsp3) is 0.636. The molecule has 0 saturated carbocycles. The van der Waals surface area contributed by atoms with Gasteiger partial charge in [0.1, 0.15) is 5.78 Å². The number of β-amino-alcohol motifs (C(OH)–C–C–N with tert-alkyl or cyclic N) is 1. The van der Waals surface area contributed by atoms with Crippen LogP contribution in [0.1, 0.15) is 96.2 Å². The van der Waals surface area contributed by atoms with E-state index >= 15 is 0 Å². The fourth-order valence-electron chi connectivity index (χ4n) is 5.67. The Morgan fingerprint density at radius 2 is 1.71 bits per heavy atom. The number of nitrogens with zero attached hydrogens (tertiary/aromatic N) is 2. The summed E-state index contributed by atoms with van der Waals surface area (Å²) in [6, 6.07) is 7.54. The van der Waals surface area contributed by atoms with Gasteiger partial charge in [-0.3, -0.25) is 14.4 Å². The molecule has 1 aromatic carbocycles. The topological polar surface area (TPSA) is 114 Å². The van der Waals surface area contributed by atoms with E-state index in [0.717, 1.165) is 66.8 Å². The molecule has 1 aromatic heterocycles. The molecule has 0 radical (unpaired) electrons. The maximum Gasteiger partial charge on any atom is 0.227 e. The van der Waals surface area contributed by atoms with Crippen LogP contribution in [0.5, 0.6) is 0 Å². The number of rotatable bonds is 16. The zero-order chi connectivity index (χ0) is 30.0. The largest absolute Gasteiger partial charge is 0.391 e. The van der Waals surface area contributed by atoms with Crippen molar-refractivity contribution in [3.63, 3.8) is 0 Å². The molecule has 0 aliphatic carbocycles. The number of likely N-dealkylation sites (tertiary alicyclic amines) is 1. The van der Waals surface area contributed by atoms with Crippen LogP contribution >= 0.6 is 11.3 Å². The van der Waals surface area contributed by atoms with E-state index in [2.05, 4.69) is 17.1 Å². The Balaban J connectivity index is 1.57. The molecule has 3 rings (SSSR count). The summed E-state index contributed by atoms with van der Waals surface area (Å²) in [5.41, 5.74) is 10.1. The summed E-state index contributed by atoms with van der Waals surface area (Å²) in [5, 5.41) is 10.5. The van der Waals surface area contributed by atoms with Gasteiger partial charge in [-0.05, 0) is 49.3 Å². The van der Waals surface area contributed by atoms with Gasteiger partial charge in [-0.15, -0.1) is 11.3 Å². The van der Waals surface area contributed by atoms with E-state index < -0.39 is 23.5 Å². The molecule has 1 aliphatic rings. The van der Waals surface area contributed by atoms with Crippen molar-refractivity contribution in [3.8, 4) is 10.4 Å². The van der Waals surface area contributed by atoms with Gasteiger partial charge in [0.05, 0.1) is 28.2 Å². The van der Waals surface area contributed by atoms with Crippen LogP contribution in [-0.4, -0.2) is 57.7 Å². The van der Waals surface area contributed by atoms with Crippen LogP contribution in [0.4, 0.5) is 0 Å². The monoisotopic (exact) mass is 583 g/mol. The van der Waals surface area contributed by atoms with Gasteiger partial charge >= 0.3 is 0 Å². The number of unbranched alkanes of at least 4 members (excludes halogenated alkanes) is 5. The van der Waals surface area contributed by atoms with Gasteiger partial charge in [-0.1, -0.05) is 70.7 Å². The minimum atomic E-state index is -0.731. The maximum atomic E-state index is 13.8. The first-order valence-electron chi connectivity index (χ1n) is 15.2. The molecule has 1 aliphatic heterocycles. The van der Waals surface area contributed by atoms with Gasteiger partial charge in [-0.2, -0.15) is 0 Å². The second-order valence-corrected chi connectivity index (χ2v) is 13.5. The number of thiazole rings is 1. The normalized spacial score (nSPS) is 18.0. The molecule has 0 bridgehead atoms. The summed E-state index contributed by atoms with van der Waals surface area (Å²) in [5.74, 6) is -0.652. The number of carbonyl (C=O) groups excluding carboxylic acids is 3. The van der Waals surface area contributed by atoms with Crippen molar-refractivity contribution in [2.24, 2.45) is 17.1 Å². The van der Waals surface area contributed by atoms with Crippen molar-refractivity contribution in [1.29, 1.82) is 0 Å². The van der Waals surface area contributed by atoms with Crippen LogP contribution in [0.3, 0.4) is 0 Å². The lowest BCUT2D eigenvalue weighted by Gasteiger charge is -2.34. The van der Waals surface area contributed by atoms with Gasteiger partial charge in [0, 0.05) is 38.1 Å². The molecule has 3 N–H and O–H groups in total. The summed E-state index contributed by atoms with van der Waals surface area (Å²) in [6.07, 6.45) is 7.29. The van der Waals surface area contributed by atoms with Crippen molar-refractivity contribution in [1.82, 2.24) is 9.88 Å². The average Bonchev–Trinajstić information content (AvgIpc) is 3.54. The highest BCUT2D eigenvalue weighted by atomic mass is 32.1. The number of aromatic nitrogens is 1. The first-order valence-corrected chi connectivity index (χ1v) is 16.1. The molecule has 2 heterocycles. The van der Waals surface area contributed by atoms with Crippen LogP contribution in [0.25, 0.3) is 10.4 Å². The van der Waals surface area contributed by atoms with E-state index in [-0.39, 0.29) is 36.9 Å². The van der Waals surface area contributed by atoms with E-state index in [1.807, 2.05) is 45.3 Å². The lowest BCUT2D eigenvalue weighted by atomic mass is 9.76. The fourth-order valence-corrected chi connectivity index (χ4v) is 6.48. The molecule has 1 saturated heterocycles. The molecular formula is C33H49N3O4S. The molecule has 2 aromatic rings. The Labute approximate surface area is 249 Å². The Morgan fingerprint density at radius 1 is 1.05 bits per heavy atom. The van der Waals surface area contributed by atoms with Gasteiger partial charge in [-0.25, -0.2) is 4.98 Å². The second-order valence-electron chi connectivity index (χ2n) is 12.6. The highest BCUT2D eigenvalue weighted by Crippen LogP contribution is 2.34. The van der Waals surface area contributed by atoms with Crippen LogP contribution in [0.2, 0.25) is 0 Å². The van der Waals surface area contributed by atoms with Gasteiger partial charge < -0.3 is 15.7 Å². The number of aliphatic hydroxyl groups is 1. The van der Waals surface area contributed by atoms with Gasteiger partial charge in [0.15, 0.2) is 5.78 Å². The van der Waals surface area contributed by atoms with Crippen LogP contribution in [0.15, 0.2) is 29.8 Å². The minimum Gasteiger partial charge on any atom is -0.391 e. The standard InChI is InChI=1S/C33H49N3O4S/c1-23-31(41-22-35-23)25-15-12-24(13-16-25)14-17-30(39)29-20-27(38)21-36(29)32(40)28(33(2,3)4)19-26(37)11-9-7-5-6-8-10-18-34/h12-13,15-16,22,27-29,38H,5-11,14,17-21,34H2,1-4H3/t27-,28-,29+/m1/s1. The SMILES string of the molecule is Cc1ncsc1-c1ccc(CCC(=O)[C@@H]2C[C@@H](O)CN2C(=O)[C@@H](CC(=O)CCCCCCCCN)C(C)(C)C)cc1. The number of carbonyl (C=O) groups is 3. The molecule has 226 valence electrons. The first kappa shape index (κ1) is 33.1. The van der Waals surface area contributed by atoms with Crippen LogP contribution in [-0.2, 0) is 20.8 Å². The second kappa shape index (κ2) is 15.7. The molecular weight excluding hydrogens is 534 g/mol. The summed E-state index contributed by atoms with van der Waals surface area (Å²) in [6.45, 7) is 8.78. The molecule has 3 atom stereocenters. The molecule has 0 unspecified atom stereocenters. The molecule has 1 amide bonds. The Bertz CT molecular complexity index is 1140. The lowest BCUT2D eigenvalue weighted by Crippen LogP contribution is -2.47. The number of hydrogen-bond acceptors (Lipinski definition) is 7. The summed E-state index contributed by atoms with van der Waals surface area (Å²) in [7, 11) is 0. The van der Waals surface area contributed by atoms with Crippen molar-refractivity contribution < 1.29 is 19.5 Å². The molecule has 0 spiro atoms. The molecule has 41 heavy (non-hydrogen) atoms. The Kier molecular flexibility index (Phi) is 12.7. The smallest absolute Gasteiger partial charge is 0.227 e. The number of aliphatic hydroxyl groups excluding tert-OH is 1. The van der Waals surface area contributed by atoms with Gasteiger partial charge in [0.2, 0.25) is 5.91 Å². The number of Topliss-reactive ketones (excluding diaryl/α,β-unsaturated/α-hetero) is 2. The van der Waals surface area contributed by atoms with E-state index in [1.165, 1.54) is 0 Å². The predicted octanol–water partition coefficient (Wildman–Crippen LogP) is 5.89. The molecule has 7 nitrogen and oxygen atoms in total. The molecule has 8 heteroatoms. The number of hydrogen-bond donors (Lipinski definition) is 2. The van der Waals surface area contributed by atoms with Crippen molar-refractivity contribution in [2.45, 2.75) is 110 Å². The summed E-state index contributed by atoms with van der Waals surface area (Å²) >= 11 is 1.61. The number of ketones is 2. The van der Waals surface area contributed by atoms with Crippen molar-refractivity contribution in [3.05, 3.63) is 41.0 Å². The van der Waals surface area contributed by atoms with Crippen molar-refractivity contribution in [2.75, 3.05) is 13.1 Å². The number of benzene rings is 1.